The summed E-state index contributed by atoms with van der Waals surface area (Å²) in [5.74, 6) is 0.842. The molecular weight excluding hydrogens is 296 g/mol. The van der Waals surface area contributed by atoms with E-state index >= 15 is 0 Å². The molecule has 1 aliphatic heterocycles. The zero-order valence-electron chi connectivity index (χ0n) is 16.1. The number of likely N-dealkylation sites (tertiary alicyclic amines) is 1. The Morgan fingerprint density at radius 2 is 1.92 bits per heavy atom. The van der Waals surface area contributed by atoms with Crippen molar-refractivity contribution in [2.24, 2.45) is 0 Å². The van der Waals surface area contributed by atoms with Crippen LogP contribution in [0.2, 0.25) is 0 Å². The molecule has 2 rings (SSSR count). The molecule has 1 N–H and O–H groups in total. The zero-order chi connectivity index (χ0) is 17.7. The molecule has 1 aromatic heterocycles. The largest absolute Gasteiger partial charge is 0.371 e. The van der Waals surface area contributed by atoms with E-state index in [4.69, 9.17) is 0 Å². The highest BCUT2D eigenvalue weighted by Gasteiger charge is 2.41. The highest BCUT2D eigenvalue weighted by Crippen LogP contribution is 2.40. The van der Waals surface area contributed by atoms with Crippen LogP contribution in [0.15, 0.2) is 11.8 Å². The van der Waals surface area contributed by atoms with Crippen LogP contribution < -0.4 is 15.8 Å². The first-order valence-electron chi connectivity index (χ1n) is 9.23. The van der Waals surface area contributed by atoms with Gasteiger partial charge >= 0.3 is 0 Å². The Kier molecular flexibility index (Phi) is 6.03. The third-order valence-electron chi connectivity index (χ3n) is 5.47. The molecule has 0 aliphatic carbocycles. The number of anilines is 1. The van der Waals surface area contributed by atoms with Gasteiger partial charge in [0.2, 0.25) is 0 Å². The van der Waals surface area contributed by atoms with Crippen LogP contribution in [0.1, 0.15) is 59.1 Å². The number of nitrogens with zero attached hydrogens (tertiary/aromatic N) is 3. The van der Waals surface area contributed by atoms with Crippen LogP contribution in [-0.4, -0.2) is 34.2 Å². The van der Waals surface area contributed by atoms with Gasteiger partial charge in [-0.2, -0.15) is 5.10 Å². The normalized spacial score (nSPS) is 18.8. The van der Waals surface area contributed by atoms with Crippen molar-refractivity contribution in [3.8, 4) is 0 Å². The number of aryl methyl sites for hydroxylation is 1. The SMILES string of the molecule is C/C=c1/c(C)nnc(NC)/c1=C/C(=C/CC)N1CCC1(CC)CC. The summed E-state index contributed by atoms with van der Waals surface area (Å²) in [5, 5.41) is 14.1. The van der Waals surface area contributed by atoms with Crippen molar-refractivity contribution in [1.82, 2.24) is 15.1 Å². The van der Waals surface area contributed by atoms with E-state index in [0.717, 1.165) is 34.9 Å². The molecular formula is C20H32N4. The molecule has 4 heteroatoms. The average Bonchev–Trinajstić information content (AvgIpc) is 2.56. The molecule has 1 fully saturated rings. The summed E-state index contributed by atoms with van der Waals surface area (Å²) in [7, 11) is 1.91. The standard InChI is InChI=1S/C20H32N4/c1-7-11-16(24-13-12-20(24,9-3)10-4)14-18-17(8-2)15(5)22-23-19(18)21-6/h8,11,14H,7,9-10,12-13H2,1-6H3,(H,21,23)/b16-11-,17-8-,18-14+. The second kappa shape index (κ2) is 7.82. The van der Waals surface area contributed by atoms with E-state index in [1.54, 1.807) is 0 Å². The molecule has 132 valence electrons. The second-order valence-corrected chi connectivity index (χ2v) is 6.51. The minimum Gasteiger partial charge on any atom is -0.371 e. The van der Waals surface area contributed by atoms with Gasteiger partial charge in [-0.15, -0.1) is 5.10 Å². The first-order valence-corrected chi connectivity index (χ1v) is 9.23. The Morgan fingerprint density at radius 1 is 1.21 bits per heavy atom. The Hall–Kier alpha value is -1.84. The molecule has 24 heavy (non-hydrogen) atoms. The van der Waals surface area contributed by atoms with Crippen molar-refractivity contribution < 1.29 is 0 Å². The number of aromatic nitrogens is 2. The highest BCUT2D eigenvalue weighted by atomic mass is 15.3. The van der Waals surface area contributed by atoms with Gasteiger partial charge in [-0.1, -0.05) is 32.9 Å². The van der Waals surface area contributed by atoms with Crippen LogP contribution in [0, 0.1) is 6.92 Å². The second-order valence-electron chi connectivity index (χ2n) is 6.51. The van der Waals surface area contributed by atoms with Crippen LogP contribution in [0.25, 0.3) is 12.2 Å². The molecule has 2 heterocycles. The summed E-state index contributed by atoms with van der Waals surface area (Å²) < 4.78 is 0. The van der Waals surface area contributed by atoms with Gasteiger partial charge in [-0.25, -0.2) is 0 Å². The summed E-state index contributed by atoms with van der Waals surface area (Å²) >= 11 is 0. The summed E-state index contributed by atoms with van der Waals surface area (Å²) in [4.78, 5) is 2.59. The molecule has 1 aliphatic rings. The lowest BCUT2D eigenvalue weighted by molar-refractivity contribution is 0.0178. The van der Waals surface area contributed by atoms with Crippen LogP contribution in [0.3, 0.4) is 0 Å². The number of hydrogen-bond donors (Lipinski definition) is 1. The fraction of sp³-hybridized carbons (Fsp3) is 0.600. The van der Waals surface area contributed by atoms with Gasteiger partial charge in [-0.3, -0.25) is 0 Å². The van der Waals surface area contributed by atoms with E-state index in [9.17, 15) is 0 Å². The molecule has 4 nitrogen and oxygen atoms in total. The first kappa shape index (κ1) is 18.5. The Morgan fingerprint density at radius 3 is 2.38 bits per heavy atom. The highest BCUT2D eigenvalue weighted by molar-refractivity contribution is 5.55. The monoisotopic (exact) mass is 328 g/mol. The van der Waals surface area contributed by atoms with Crippen molar-refractivity contribution >= 4 is 18.0 Å². The number of allylic oxidation sites excluding steroid dienone is 2. The molecule has 0 bridgehead atoms. The van der Waals surface area contributed by atoms with Gasteiger partial charge < -0.3 is 10.2 Å². The van der Waals surface area contributed by atoms with Crippen molar-refractivity contribution in [2.45, 2.75) is 65.8 Å². The summed E-state index contributed by atoms with van der Waals surface area (Å²) in [6.07, 6.45) is 11.5. The predicted octanol–water partition coefficient (Wildman–Crippen LogP) is 2.97. The fourth-order valence-electron chi connectivity index (χ4n) is 3.78. The molecule has 0 amide bonds. The van der Waals surface area contributed by atoms with Gasteiger partial charge in [0.05, 0.1) is 5.69 Å². The van der Waals surface area contributed by atoms with Gasteiger partial charge in [-0.05, 0) is 45.6 Å². The Bertz CT molecular complexity index is 708. The zero-order valence-corrected chi connectivity index (χ0v) is 16.1. The van der Waals surface area contributed by atoms with E-state index in [1.807, 2.05) is 14.0 Å². The molecule has 0 spiro atoms. The van der Waals surface area contributed by atoms with Crippen LogP contribution >= 0.6 is 0 Å². The number of rotatable bonds is 6. The lowest BCUT2D eigenvalue weighted by Gasteiger charge is -2.54. The Balaban J connectivity index is 2.63. The fourth-order valence-corrected chi connectivity index (χ4v) is 3.78. The minimum atomic E-state index is 0.322. The maximum Gasteiger partial charge on any atom is 0.156 e. The summed E-state index contributed by atoms with van der Waals surface area (Å²) in [5.41, 5.74) is 2.61. The number of hydrogen-bond acceptors (Lipinski definition) is 4. The summed E-state index contributed by atoms with van der Waals surface area (Å²) in [6, 6.07) is 0. The van der Waals surface area contributed by atoms with Gasteiger partial charge in [0.1, 0.15) is 0 Å². The minimum absolute atomic E-state index is 0.322. The van der Waals surface area contributed by atoms with Crippen molar-refractivity contribution in [3.63, 3.8) is 0 Å². The average molecular weight is 329 g/mol. The van der Waals surface area contributed by atoms with Crippen molar-refractivity contribution in [2.75, 3.05) is 18.9 Å². The lowest BCUT2D eigenvalue weighted by atomic mass is 9.79. The van der Waals surface area contributed by atoms with Crippen LogP contribution in [0.4, 0.5) is 5.82 Å². The Labute approximate surface area is 146 Å². The van der Waals surface area contributed by atoms with Gasteiger partial charge in [0.15, 0.2) is 5.82 Å². The molecule has 0 radical (unpaired) electrons. The summed E-state index contributed by atoms with van der Waals surface area (Å²) in [6.45, 7) is 12.0. The molecule has 0 aromatic carbocycles. The molecule has 0 saturated carbocycles. The maximum absolute atomic E-state index is 4.34. The molecule has 0 unspecified atom stereocenters. The smallest absolute Gasteiger partial charge is 0.156 e. The van der Waals surface area contributed by atoms with E-state index in [1.165, 1.54) is 25.0 Å². The molecule has 1 saturated heterocycles. The third kappa shape index (κ3) is 3.19. The van der Waals surface area contributed by atoms with E-state index in [0.29, 0.717) is 5.54 Å². The quantitative estimate of drug-likeness (QED) is 0.872. The van der Waals surface area contributed by atoms with Crippen molar-refractivity contribution in [1.29, 1.82) is 0 Å². The third-order valence-corrected chi connectivity index (χ3v) is 5.47. The van der Waals surface area contributed by atoms with E-state index in [2.05, 4.69) is 66.3 Å². The topological polar surface area (TPSA) is 41.1 Å². The van der Waals surface area contributed by atoms with Crippen molar-refractivity contribution in [3.05, 3.63) is 27.9 Å². The maximum atomic E-state index is 4.34. The van der Waals surface area contributed by atoms with Crippen LogP contribution in [-0.2, 0) is 0 Å². The van der Waals surface area contributed by atoms with Crippen LogP contribution in [0.5, 0.6) is 0 Å². The molecule has 1 aromatic rings. The number of nitrogens with one attached hydrogen (secondary N) is 1. The lowest BCUT2D eigenvalue weighted by Crippen LogP contribution is -2.58. The first-order chi connectivity index (χ1) is 11.6. The van der Waals surface area contributed by atoms with Gasteiger partial charge in [0.25, 0.3) is 0 Å². The predicted molar refractivity (Wildman–Crippen MR) is 103 cm³/mol. The molecule has 0 atom stereocenters. The van der Waals surface area contributed by atoms with Gasteiger partial charge in [0, 0.05) is 35.3 Å². The van der Waals surface area contributed by atoms with E-state index < -0.39 is 0 Å². The van der Waals surface area contributed by atoms with E-state index in [-0.39, 0.29) is 0 Å².